The molecule has 0 radical (unpaired) electrons. The molecule has 0 spiro atoms. The van der Waals surface area contributed by atoms with Crippen molar-refractivity contribution >= 4 is 103 Å². The normalized spacial score (nSPS) is 12.0. The van der Waals surface area contributed by atoms with Gasteiger partial charge in [-0.25, -0.2) is 9.59 Å². The Labute approximate surface area is 133 Å². The van der Waals surface area contributed by atoms with E-state index in [4.69, 9.17) is 10.2 Å². The number of hydrogen-bond donors (Lipinski definition) is 2. The molecule has 0 aromatic carbocycles. The lowest BCUT2D eigenvalue weighted by Crippen LogP contribution is -2.41. The molecule has 0 bridgehead atoms. The fraction of sp³-hybridized carbons (Fsp3) is 0.500. The first-order valence-corrected chi connectivity index (χ1v) is 6.99. The van der Waals surface area contributed by atoms with Gasteiger partial charge in [-0.1, -0.05) is 0 Å². The summed E-state index contributed by atoms with van der Waals surface area (Å²) >= 11 is 6.59. The molecule has 2 N–H and O–H groups in total. The Morgan fingerprint density at radius 3 is 1.21 bits per heavy atom. The van der Waals surface area contributed by atoms with Crippen LogP contribution < -0.4 is 0 Å². The highest BCUT2D eigenvalue weighted by Crippen LogP contribution is 2.51. The molecular formula is C4H2I4O6. The molecule has 0 amide bonds. The number of ether oxygens (including phenoxy) is 2. The van der Waals surface area contributed by atoms with Gasteiger partial charge in [0.25, 0.3) is 3.23 Å². The molecule has 82 valence electrons. The van der Waals surface area contributed by atoms with Gasteiger partial charge < -0.3 is 19.7 Å². The summed E-state index contributed by atoms with van der Waals surface area (Å²) in [6, 6.07) is 0. The Kier molecular flexibility index (Phi) is 6.28. The van der Waals surface area contributed by atoms with Crippen LogP contribution >= 0.6 is 90.4 Å². The predicted molar refractivity (Wildman–Crippen MR) is 79.8 cm³/mol. The fourth-order valence-electron chi connectivity index (χ4n) is 0.338. The van der Waals surface area contributed by atoms with E-state index in [1.807, 2.05) is 0 Å². The molecule has 6 nitrogen and oxygen atoms in total. The average molecular weight is 654 g/mol. The molecule has 0 atom stereocenters. The molecule has 0 aromatic heterocycles. The minimum absolute atomic E-state index is 1.34. The Balaban J connectivity index is 4.67. The van der Waals surface area contributed by atoms with E-state index >= 15 is 0 Å². The number of rotatable bonds is 3. The van der Waals surface area contributed by atoms with Gasteiger partial charge in [-0.15, -0.1) is 0 Å². The predicted octanol–water partition coefficient (Wildman–Crippen LogP) is 3.42. The Bertz CT molecular complexity index is 224. The lowest BCUT2D eigenvalue weighted by Gasteiger charge is -2.31. The van der Waals surface area contributed by atoms with Crippen molar-refractivity contribution in [1.82, 2.24) is 0 Å². The summed E-state index contributed by atoms with van der Waals surface area (Å²) in [6.07, 6.45) is -3.00. The van der Waals surface area contributed by atoms with Gasteiger partial charge in [0.15, 0.2) is 0 Å². The third-order valence-electron chi connectivity index (χ3n) is 0.770. The van der Waals surface area contributed by atoms with E-state index in [-0.39, 0.29) is 0 Å². The van der Waals surface area contributed by atoms with Crippen molar-refractivity contribution in [2.24, 2.45) is 0 Å². The summed E-state index contributed by atoms with van der Waals surface area (Å²) in [5.74, 6) is 0. The summed E-state index contributed by atoms with van der Waals surface area (Å²) in [4.78, 5) is 20.6. The van der Waals surface area contributed by atoms with Crippen molar-refractivity contribution in [3.8, 4) is 0 Å². The van der Waals surface area contributed by atoms with E-state index in [9.17, 15) is 9.59 Å². The Hall–Kier alpha value is 1.46. The molecule has 0 aliphatic rings. The summed E-state index contributed by atoms with van der Waals surface area (Å²) in [6.45, 7) is 0. The highest BCUT2D eigenvalue weighted by Gasteiger charge is 2.52. The van der Waals surface area contributed by atoms with Crippen molar-refractivity contribution in [2.45, 2.75) is 3.23 Å². The molecular weight excluding hydrogens is 652 g/mol. The van der Waals surface area contributed by atoms with E-state index in [1.165, 1.54) is 0 Å². The van der Waals surface area contributed by atoms with Crippen molar-refractivity contribution in [2.75, 3.05) is 0 Å². The second kappa shape index (κ2) is 5.69. The molecule has 14 heavy (non-hydrogen) atoms. The zero-order chi connectivity index (χ0) is 11.6. The standard InChI is InChI=1S/C4H2I4O6/c5-3(6,13-1(9)10)4(7,8)14-2(11)12/h(H,9,10)(H,11,12). The van der Waals surface area contributed by atoms with Crippen LogP contribution in [-0.2, 0) is 9.47 Å². The van der Waals surface area contributed by atoms with Gasteiger partial charge in [0, 0.05) is 0 Å². The molecule has 0 rings (SSSR count). The Morgan fingerprint density at radius 2 is 1.07 bits per heavy atom. The summed E-state index contributed by atoms with van der Waals surface area (Å²) < 4.78 is 6.30. The highest BCUT2D eigenvalue weighted by atomic mass is 127. The zero-order valence-electron chi connectivity index (χ0n) is 6.04. The minimum Gasteiger partial charge on any atom is -0.450 e. The SMILES string of the molecule is O=C(O)OC(I)(I)C(I)(I)OC(=O)O. The monoisotopic (exact) mass is 654 g/mol. The van der Waals surface area contributed by atoms with E-state index in [1.54, 1.807) is 90.4 Å². The zero-order valence-corrected chi connectivity index (χ0v) is 14.7. The maximum atomic E-state index is 10.3. The van der Waals surface area contributed by atoms with Gasteiger partial charge in [-0.05, 0) is 90.4 Å². The summed E-state index contributed by atoms with van der Waals surface area (Å²) in [5.41, 5.74) is 0. The molecule has 0 aliphatic carbocycles. The smallest absolute Gasteiger partial charge is 0.450 e. The van der Waals surface area contributed by atoms with Crippen LogP contribution in [0.25, 0.3) is 0 Å². The van der Waals surface area contributed by atoms with Crippen LogP contribution in [0.1, 0.15) is 0 Å². The maximum absolute atomic E-state index is 10.3. The van der Waals surface area contributed by atoms with E-state index < -0.39 is 15.5 Å². The van der Waals surface area contributed by atoms with Crippen molar-refractivity contribution in [1.29, 1.82) is 0 Å². The quantitative estimate of drug-likeness (QED) is 0.276. The van der Waals surface area contributed by atoms with Gasteiger partial charge in [0.2, 0.25) is 0 Å². The fourth-order valence-corrected chi connectivity index (χ4v) is 1.53. The van der Waals surface area contributed by atoms with Crippen LogP contribution in [0.4, 0.5) is 9.59 Å². The highest BCUT2D eigenvalue weighted by molar-refractivity contribution is 14.2. The third-order valence-corrected chi connectivity index (χ3v) is 8.82. The molecule has 10 heteroatoms. The minimum atomic E-state index is -1.50. The second-order valence-corrected chi connectivity index (χ2v) is 12.0. The number of halogens is 4. The van der Waals surface area contributed by atoms with Gasteiger partial charge >= 0.3 is 12.3 Å². The van der Waals surface area contributed by atoms with E-state index in [0.29, 0.717) is 0 Å². The molecule has 0 aliphatic heterocycles. The van der Waals surface area contributed by atoms with Crippen LogP contribution in [0, 0.1) is 0 Å². The van der Waals surface area contributed by atoms with Crippen LogP contribution in [0.3, 0.4) is 0 Å². The first-order chi connectivity index (χ1) is 6.08. The number of carbonyl (C=O) groups is 2. The first-order valence-electron chi connectivity index (χ1n) is 2.68. The van der Waals surface area contributed by atoms with Gasteiger partial charge in [-0.3, -0.25) is 0 Å². The molecule has 0 unspecified atom stereocenters. The lowest BCUT2D eigenvalue weighted by molar-refractivity contribution is 0.0239. The maximum Gasteiger partial charge on any atom is 0.507 e. The van der Waals surface area contributed by atoms with Gasteiger partial charge in [0.1, 0.15) is 0 Å². The number of hydrogen-bond acceptors (Lipinski definition) is 4. The lowest BCUT2D eigenvalue weighted by atomic mass is 10.8. The van der Waals surface area contributed by atoms with Crippen molar-refractivity contribution in [3.05, 3.63) is 0 Å². The molecule has 0 fully saturated rings. The van der Waals surface area contributed by atoms with Crippen molar-refractivity contribution in [3.63, 3.8) is 0 Å². The van der Waals surface area contributed by atoms with E-state index in [0.717, 1.165) is 0 Å². The van der Waals surface area contributed by atoms with Gasteiger partial charge in [0.05, 0.1) is 0 Å². The van der Waals surface area contributed by atoms with E-state index in [2.05, 4.69) is 9.47 Å². The van der Waals surface area contributed by atoms with Crippen LogP contribution in [0.15, 0.2) is 0 Å². The summed E-state index contributed by atoms with van der Waals surface area (Å²) in [7, 11) is 0. The Morgan fingerprint density at radius 1 is 0.857 bits per heavy atom. The molecule has 0 aromatic rings. The summed E-state index contributed by atoms with van der Waals surface area (Å²) in [5, 5.41) is 16.8. The molecule has 0 saturated carbocycles. The number of alkyl halides is 4. The number of carboxylic acid groups (broad SMARTS) is 2. The average Bonchev–Trinajstić information content (AvgIpc) is 1.78. The second-order valence-electron chi connectivity index (χ2n) is 1.77. The molecule has 0 saturated heterocycles. The largest absolute Gasteiger partial charge is 0.507 e. The van der Waals surface area contributed by atoms with Crippen molar-refractivity contribution < 1.29 is 29.3 Å². The third kappa shape index (κ3) is 4.99. The van der Waals surface area contributed by atoms with Gasteiger partial charge in [-0.2, -0.15) is 0 Å². The molecule has 0 heterocycles. The van der Waals surface area contributed by atoms with Crippen LogP contribution in [-0.4, -0.2) is 25.8 Å². The van der Waals surface area contributed by atoms with Crippen LogP contribution in [0.5, 0.6) is 0 Å². The topological polar surface area (TPSA) is 93.1 Å². The first kappa shape index (κ1) is 15.5. The van der Waals surface area contributed by atoms with Crippen LogP contribution in [0.2, 0.25) is 0 Å².